The van der Waals surface area contributed by atoms with Crippen molar-refractivity contribution in [2.45, 2.75) is 24.0 Å². The van der Waals surface area contributed by atoms with Crippen LogP contribution in [0.5, 0.6) is 5.75 Å². The molecule has 2 N–H and O–H groups in total. The lowest BCUT2D eigenvalue weighted by molar-refractivity contribution is -0.137. The number of halogens is 3. The monoisotopic (exact) mass is 478 g/mol. The maximum Gasteiger partial charge on any atom is 0.416 e. The van der Waals surface area contributed by atoms with Gasteiger partial charge in [-0.1, -0.05) is 36.4 Å². The molecule has 0 saturated carbocycles. The summed E-state index contributed by atoms with van der Waals surface area (Å²) in [6, 6.07) is 18.2. The van der Waals surface area contributed by atoms with Gasteiger partial charge in [0.05, 0.1) is 16.5 Å². The highest BCUT2D eigenvalue weighted by atomic mass is 32.2. The number of rotatable bonds is 8. The van der Waals surface area contributed by atoms with Crippen molar-refractivity contribution in [3.8, 4) is 5.75 Å². The minimum Gasteiger partial charge on any atom is -0.484 e. The molecule has 0 unspecified atom stereocenters. The second kappa shape index (κ2) is 9.95. The lowest BCUT2D eigenvalue weighted by atomic mass is 10.1. The molecule has 1 amide bonds. The number of alkyl halides is 3. The molecule has 33 heavy (non-hydrogen) atoms. The molecule has 0 spiro atoms. The van der Waals surface area contributed by atoms with Gasteiger partial charge in [-0.15, -0.1) is 0 Å². The average Bonchev–Trinajstić information content (AvgIpc) is 2.78. The van der Waals surface area contributed by atoms with Gasteiger partial charge in [-0.25, -0.2) is 8.42 Å². The van der Waals surface area contributed by atoms with Crippen LogP contribution >= 0.6 is 0 Å². The zero-order valence-corrected chi connectivity index (χ0v) is 18.3. The Balaban J connectivity index is 1.58. The Kier molecular flexibility index (Phi) is 7.27. The summed E-state index contributed by atoms with van der Waals surface area (Å²) in [6.45, 7) is 1.57. The fourth-order valence-corrected chi connectivity index (χ4v) is 3.99. The molecule has 0 radical (unpaired) electrons. The molecule has 0 saturated heterocycles. The van der Waals surface area contributed by atoms with Gasteiger partial charge in [-0.2, -0.15) is 13.2 Å². The largest absolute Gasteiger partial charge is 0.484 e. The standard InChI is InChI=1S/C23H21F3N2O4S/c1-16(17-6-3-2-4-7-17)27-22(29)15-32-20-10-12-21(13-11-20)33(30,31)28-19-9-5-8-18(14-19)23(24,25)26/h2-14,16,28H,15H2,1H3,(H,27,29)/t16-/m0/s1. The van der Waals surface area contributed by atoms with E-state index in [0.717, 1.165) is 17.7 Å². The summed E-state index contributed by atoms with van der Waals surface area (Å²) in [5, 5.41) is 2.79. The van der Waals surface area contributed by atoms with Crippen molar-refractivity contribution in [1.82, 2.24) is 5.32 Å². The Bertz CT molecular complexity index is 1200. The molecule has 0 aromatic heterocycles. The van der Waals surface area contributed by atoms with E-state index < -0.39 is 21.8 Å². The molecule has 0 aliphatic carbocycles. The minimum atomic E-state index is -4.59. The van der Waals surface area contributed by atoms with Crippen LogP contribution in [-0.4, -0.2) is 20.9 Å². The molecule has 0 heterocycles. The van der Waals surface area contributed by atoms with E-state index in [1.807, 2.05) is 37.3 Å². The number of carbonyl (C=O) groups is 1. The third kappa shape index (κ3) is 6.72. The molecular weight excluding hydrogens is 457 g/mol. The number of benzene rings is 3. The topological polar surface area (TPSA) is 84.5 Å². The van der Waals surface area contributed by atoms with Gasteiger partial charge in [0, 0.05) is 5.69 Å². The number of ether oxygens (including phenoxy) is 1. The summed E-state index contributed by atoms with van der Waals surface area (Å²) in [5.41, 5.74) is -0.241. The first-order valence-electron chi connectivity index (χ1n) is 9.82. The summed E-state index contributed by atoms with van der Waals surface area (Å²) in [6.07, 6.45) is -4.59. The third-order valence-electron chi connectivity index (χ3n) is 4.62. The Labute approximate surface area is 189 Å². The van der Waals surface area contributed by atoms with E-state index in [0.29, 0.717) is 6.07 Å². The zero-order chi connectivity index (χ0) is 24.1. The third-order valence-corrected chi connectivity index (χ3v) is 6.02. The predicted molar refractivity (Wildman–Crippen MR) is 117 cm³/mol. The van der Waals surface area contributed by atoms with Crippen LogP contribution in [0.25, 0.3) is 0 Å². The minimum absolute atomic E-state index is 0.172. The molecule has 3 aromatic rings. The van der Waals surface area contributed by atoms with Crippen molar-refractivity contribution in [2.75, 3.05) is 11.3 Å². The van der Waals surface area contributed by atoms with Gasteiger partial charge in [0.1, 0.15) is 5.75 Å². The molecule has 0 bridgehead atoms. The van der Waals surface area contributed by atoms with E-state index in [-0.39, 0.29) is 34.9 Å². The van der Waals surface area contributed by atoms with Crippen molar-refractivity contribution in [1.29, 1.82) is 0 Å². The van der Waals surface area contributed by atoms with Crippen molar-refractivity contribution in [3.05, 3.63) is 90.0 Å². The fraction of sp³-hybridized carbons (Fsp3) is 0.174. The highest BCUT2D eigenvalue weighted by Crippen LogP contribution is 2.31. The molecule has 1 atom stereocenters. The number of anilines is 1. The molecule has 0 aliphatic heterocycles. The van der Waals surface area contributed by atoms with Gasteiger partial charge >= 0.3 is 6.18 Å². The molecule has 3 aromatic carbocycles. The molecule has 6 nitrogen and oxygen atoms in total. The lowest BCUT2D eigenvalue weighted by Crippen LogP contribution is -2.31. The number of sulfonamides is 1. The number of carbonyl (C=O) groups excluding carboxylic acids is 1. The zero-order valence-electron chi connectivity index (χ0n) is 17.5. The first-order chi connectivity index (χ1) is 15.5. The van der Waals surface area contributed by atoms with E-state index in [1.54, 1.807) is 0 Å². The van der Waals surface area contributed by atoms with Crippen molar-refractivity contribution >= 4 is 21.6 Å². The van der Waals surface area contributed by atoms with E-state index in [4.69, 9.17) is 4.74 Å². The van der Waals surface area contributed by atoms with Gasteiger partial charge in [-0.05, 0) is 55.0 Å². The fourth-order valence-electron chi connectivity index (χ4n) is 2.95. The molecule has 3 rings (SSSR count). The second-order valence-electron chi connectivity index (χ2n) is 7.14. The SMILES string of the molecule is C[C@H](NC(=O)COc1ccc(S(=O)(=O)Nc2cccc(C(F)(F)F)c2)cc1)c1ccccc1. The van der Waals surface area contributed by atoms with Crippen molar-refractivity contribution < 1.29 is 31.1 Å². The van der Waals surface area contributed by atoms with Gasteiger partial charge in [0.2, 0.25) is 0 Å². The van der Waals surface area contributed by atoms with E-state index in [9.17, 15) is 26.4 Å². The quantitative estimate of drug-likeness (QED) is 0.489. The summed E-state index contributed by atoms with van der Waals surface area (Å²) in [4.78, 5) is 11.9. The number of amides is 1. The molecule has 174 valence electrons. The number of hydrogen-bond acceptors (Lipinski definition) is 4. The van der Waals surface area contributed by atoms with Gasteiger partial charge in [-0.3, -0.25) is 9.52 Å². The molecule has 0 aliphatic rings. The van der Waals surface area contributed by atoms with E-state index in [1.165, 1.54) is 30.3 Å². The average molecular weight is 478 g/mol. The van der Waals surface area contributed by atoms with Gasteiger partial charge in [0.25, 0.3) is 15.9 Å². The van der Waals surface area contributed by atoms with Crippen LogP contribution in [0.3, 0.4) is 0 Å². The van der Waals surface area contributed by atoms with Crippen LogP contribution in [-0.2, 0) is 21.0 Å². The van der Waals surface area contributed by atoms with Crippen LogP contribution in [0.15, 0.2) is 83.8 Å². The molecular formula is C23H21F3N2O4S. The number of hydrogen-bond donors (Lipinski definition) is 2. The Morgan fingerprint density at radius 1 is 0.970 bits per heavy atom. The second-order valence-corrected chi connectivity index (χ2v) is 8.83. The molecule has 0 fully saturated rings. The maximum atomic E-state index is 12.8. The molecule has 10 heteroatoms. The van der Waals surface area contributed by atoms with Crippen LogP contribution < -0.4 is 14.8 Å². The Hall–Kier alpha value is -3.53. The van der Waals surface area contributed by atoms with Gasteiger partial charge < -0.3 is 10.1 Å². The van der Waals surface area contributed by atoms with Crippen molar-refractivity contribution in [2.24, 2.45) is 0 Å². The highest BCUT2D eigenvalue weighted by molar-refractivity contribution is 7.92. The van der Waals surface area contributed by atoms with Gasteiger partial charge in [0.15, 0.2) is 6.61 Å². The summed E-state index contributed by atoms with van der Waals surface area (Å²) in [5.74, 6) is -0.0928. The Morgan fingerprint density at radius 2 is 1.64 bits per heavy atom. The normalized spacial score (nSPS) is 12.6. The predicted octanol–water partition coefficient (Wildman–Crippen LogP) is 4.76. The van der Waals surface area contributed by atoms with E-state index >= 15 is 0 Å². The lowest BCUT2D eigenvalue weighted by Gasteiger charge is -2.15. The van der Waals surface area contributed by atoms with Crippen LogP contribution in [0, 0.1) is 0 Å². The maximum absolute atomic E-state index is 12.8. The first-order valence-corrected chi connectivity index (χ1v) is 11.3. The van der Waals surface area contributed by atoms with E-state index in [2.05, 4.69) is 10.0 Å². The van der Waals surface area contributed by atoms with Crippen molar-refractivity contribution in [3.63, 3.8) is 0 Å². The first kappa shape index (κ1) is 24.1. The van der Waals surface area contributed by atoms with Crippen LogP contribution in [0.2, 0.25) is 0 Å². The highest BCUT2D eigenvalue weighted by Gasteiger charge is 2.30. The van der Waals surface area contributed by atoms with Crippen LogP contribution in [0.4, 0.5) is 18.9 Å². The summed E-state index contributed by atoms with van der Waals surface area (Å²) >= 11 is 0. The Morgan fingerprint density at radius 3 is 2.27 bits per heavy atom. The van der Waals surface area contributed by atoms with Crippen LogP contribution in [0.1, 0.15) is 24.1 Å². The number of nitrogens with one attached hydrogen (secondary N) is 2. The summed E-state index contributed by atoms with van der Waals surface area (Å²) < 4.78 is 71.0. The summed E-state index contributed by atoms with van der Waals surface area (Å²) in [7, 11) is -4.12. The smallest absolute Gasteiger partial charge is 0.416 e.